The summed E-state index contributed by atoms with van der Waals surface area (Å²) in [7, 11) is -5.77. The highest BCUT2D eigenvalue weighted by Crippen LogP contribution is 2.24. The fourth-order valence-corrected chi connectivity index (χ4v) is 7.12. The van der Waals surface area contributed by atoms with Crippen LogP contribution in [0.2, 0.25) is 0 Å². The van der Waals surface area contributed by atoms with Crippen LogP contribution in [-0.2, 0) is 31.3 Å². The number of anilines is 2. The molecule has 1 aliphatic heterocycles. The summed E-state index contributed by atoms with van der Waals surface area (Å²) in [6.45, 7) is 0.545. The molecule has 1 aliphatic rings. The van der Waals surface area contributed by atoms with Gasteiger partial charge in [0.25, 0.3) is 10.0 Å². The molecule has 1 saturated heterocycles. The van der Waals surface area contributed by atoms with Crippen molar-refractivity contribution in [3.05, 3.63) is 84.4 Å². The van der Waals surface area contributed by atoms with Gasteiger partial charge in [-0.1, -0.05) is 30.3 Å². The van der Waals surface area contributed by atoms with Crippen LogP contribution in [0.25, 0.3) is 0 Å². The van der Waals surface area contributed by atoms with Crippen molar-refractivity contribution in [3.63, 3.8) is 0 Å². The summed E-state index contributed by atoms with van der Waals surface area (Å²) in [6.07, 6.45) is 2.38. The van der Waals surface area contributed by atoms with Crippen LogP contribution in [0.1, 0.15) is 24.8 Å². The number of carbonyl (C=O) groups excluding carboxylic acids is 1. The third kappa shape index (κ3) is 7.81. The van der Waals surface area contributed by atoms with E-state index in [0.29, 0.717) is 49.4 Å². The van der Waals surface area contributed by atoms with Crippen molar-refractivity contribution < 1.29 is 26.4 Å². The number of piperidine rings is 1. The molecule has 1 fully saturated rings. The number of carbonyl (C=O) groups is 1. The van der Waals surface area contributed by atoms with Gasteiger partial charge < -0.3 is 10.1 Å². The number of nitrogens with zero attached hydrogens (tertiary/aromatic N) is 1. The van der Waals surface area contributed by atoms with E-state index in [9.17, 15) is 21.6 Å². The Morgan fingerprint density at radius 2 is 1.59 bits per heavy atom. The number of amides is 1. The molecule has 0 saturated carbocycles. The molecule has 11 heteroatoms. The zero-order valence-corrected chi connectivity index (χ0v) is 23.4. The summed E-state index contributed by atoms with van der Waals surface area (Å²) in [5.41, 5.74) is 1.93. The van der Waals surface area contributed by atoms with E-state index < -0.39 is 26.0 Å². The molecular weight excluding hydrogens is 538 g/mol. The first-order valence-electron chi connectivity index (χ1n) is 12.8. The van der Waals surface area contributed by atoms with Gasteiger partial charge >= 0.3 is 0 Å². The Hall–Kier alpha value is -3.41. The molecule has 9 nitrogen and oxygen atoms in total. The fourth-order valence-electron chi connectivity index (χ4n) is 4.48. The lowest BCUT2D eigenvalue weighted by atomic mass is 9.99. The van der Waals surface area contributed by atoms with Crippen molar-refractivity contribution in [2.45, 2.75) is 30.6 Å². The fraction of sp³-hybridized carbons (Fsp3) is 0.321. The van der Waals surface area contributed by atoms with Crippen LogP contribution < -0.4 is 14.8 Å². The predicted molar refractivity (Wildman–Crippen MR) is 152 cm³/mol. The maximum Gasteiger partial charge on any atom is 0.261 e. The molecule has 3 aromatic rings. The summed E-state index contributed by atoms with van der Waals surface area (Å²) in [4.78, 5) is 13.0. The van der Waals surface area contributed by atoms with E-state index in [-0.39, 0.29) is 23.1 Å². The molecule has 1 heterocycles. The SMILES string of the molecule is COc1ccc(NS(=O)(=O)c2ccc(NC(=O)[C@@H]3CCCN(S(=O)(=O)CCCc4ccccc4)C3)cc2)cc1. The lowest BCUT2D eigenvalue weighted by molar-refractivity contribution is -0.120. The Kier molecular flexibility index (Phi) is 9.26. The van der Waals surface area contributed by atoms with Crippen molar-refractivity contribution in [1.29, 1.82) is 0 Å². The number of aryl methyl sites for hydroxylation is 1. The summed E-state index contributed by atoms with van der Waals surface area (Å²) in [6, 6.07) is 22.1. The summed E-state index contributed by atoms with van der Waals surface area (Å²) < 4.78 is 60.3. The van der Waals surface area contributed by atoms with E-state index in [1.165, 1.54) is 35.7 Å². The summed E-state index contributed by atoms with van der Waals surface area (Å²) in [5, 5.41) is 2.80. The van der Waals surface area contributed by atoms with Crippen molar-refractivity contribution in [1.82, 2.24) is 4.31 Å². The Labute approximate surface area is 230 Å². The molecule has 2 N–H and O–H groups in total. The number of nitrogens with one attached hydrogen (secondary N) is 2. The summed E-state index contributed by atoms with van der Waals surface area (Å²) in [5.74, 6) is -0.120. The monoisotopic (exact) mass is 571 g/mol. The molecule has 4 rings (SSSR count). The van der Waals surface area contributed by atoms with E-state index in [0.717, 1.165) is 5.56 Å². The van der Waals surface area contributed by atoms with Gasteiger partial charge in [0.2, 0.25) is 15.9 Å². The maximum atomic E-state index is 12.9. The maximum absolute atomic E-state index is 12.9. The molecule has 0 spiro atoms. The van der Waals surface area contributed by atoms with Crippen molar-refractivity contribution in [2.24, 2.45) is 5.92 Å². The molecule has 0 aliphatic carbocycles. The minimum Gasteiger partial charge on any atom is -0.497 e. The Morgan fingerprint density at radius 3 is 2.26 bits per heavy atom. The van der Waals surface area contributed by atoms with Crippen LogP contribution >= 0.6 is 0 Å². The van der Waals surface area contributed by atoms with E-state index in [1.54, 1.807) is 24.3 Å². The number of methoxy groups -OCH3 is 1. The number of ether oxygens (including phenoxy) is 1. The zero-order chi connectivity index (χ0) is 27.9. The lowest BCUT2D eigenvalue weighted by Gasteiger charge is -2.31. The minimum atomic E-state index is -3.82. The van der Waals surface area contributed by atoms with E-state index in [4.69, 9.17) is 4.74 Å². The number of benzene rings is 3. The third-order valence-electron chi connectivity index (χ3n) is 6.63. The van der Waals surface area contributed by atoms with Gasteiger partial charge in [-0.3, -0.25) is 9.52 Å². The van der Waals surface area contributed by atoms with E-state index in [2.05, 4.69) is 10.0 Å². The van der Waals surface area contributed by atoms with Gasteiger partial charge in [-0.25, -0.2) is 21.1 Å². The first-order chi connectivity index (χ1) is 18.7. The average Bonchev–Trinajstić information content (AvgIpc) is 2.94. The van der Waals surface area contributed by atoms with Crippen LogP contribution in [0.5, 0.6) is 5.75 Å². The lowest BCUT2D eigenvalue weighted by Crippen LogP contribution is -2.44. The quantitative estimate of drug-likeness (QED) is 0.357. The molecule has 0 unspecified atom stereocenters. The largest absolute Gasteiger partial charge is 0.497 e. The van der Waals surface area contributed by atoms with Crippen molar-refractivity contribution in [3.8, 4) is 5.75 Å². The molecule has 0 radical (unpaired) electrons. The topological polar surface area (TPSA) is 122 Å². The standard InChI is InChI=1S/C28H33N3O6S2/c1-37-26-15-11-25(12-16-26)30-39(35,36)27-17-13-24(14-18-27)29-28(32)23-10-5-19-31(21-23)38(33,34)20-6-9-22-7-3-2-4-8-22/h2-4,7-8,11-18,23,30H,5-6,9-10,19-21H2,1H3,(H,29,32)/t23-/m1/s1. The first-order valence-corrected chi connectivity index (χ1v) is 15.8. The van der Waals surface area contributed by atoms with E-state index >= 15 is 0 Å². The smallest absolute Gasteiger partial charge is 0.261 e. The van der Waals surface area contributed by atoms with Gasteiger partial charge in [-0.15, -0.1) is 0 Å². The Morgan fingerprint density at radius 1 is 0.923 bits per heavy atom. The van der Waals surface area contributed by atoms with Crippen LogP contribution in [0.3, 0.4) is 0 Å². The highest BCUT2D eigenvalue weighted by molar-refractivity contribution is 7.92. The minimum absolute atomic E-state index is 0.0384. The van der Waals surface area contributed by atoms with Gasteiger partial charge in [0.15, 0.2) is 0 Å². The molecule has 1 amide bonds. The van der Waals surface area contributed by atoms with Crippen LogP contribution in [0, 0.1) is 5.92 Å². The van der Waals surface area contributed by atoms with Gasteiger partial charge in [-0.2, -0.15) is 0 Å². The second-order valence-corrected chi connectivity index (χ2v) is 13.2. The normalized spacial score (nSPS) is 16.4. The van der Waals surface area contributed by atoms with Crippen LogP contribution in [0.4, 0.5) is 11.4 Å². The van der Waals surface area contributed by atoms with Gasteiger partial charge in [0, 0.05) is 24.5 Å². The second-order valence-electron chi connectivity index (χ2n) is 9.45. The van der Waals surface area contributed by atoms with Crippen molar-refractivity contribution >= 4 is 37.3 Å². The number of hydrogen-bond acceptors (Lipinski definition) is 6. The molecule has 39 heavy (non-hydrogen) atoms. The van der Waals surface area contributed by atoms with Crippen LogP contribution in [-0.4, -0.2) is 53.0 Å². The molecule has 3 aromatic carbocycles. The molecule has 1 atom stereocenters. The Bertz CT molecular complexity index is 1460. The number of rotatable bonds is 11. The highest BCUT2D eigenvalue weighted by Gasteiger charge is 2.32. The van der Waals surface area contributed by atoms with Gasteiger partial charge in [-0.05, 0) is 79.8 Å². The average molecular weight is 572 g/mol. The zero-order valence-electron chi connectivity index (χ0n) is 21.7. The molecular formula is C28H33N3O6S2. The predicted octanol–water partition coefficient (Wildman–Crippen LogP) is 4.11. The first kappa shape index (κ1) is 28.6. The number of sulfonamides is 2. The van der Waals surface area contributed by atoms with Crippen LogP contribution in [0.15, 0.2) is 83.8 Å². The van der Waals surface area contributed by atoms with Gasteiger partial charge in [0.1, 0.15) is 5.75 Å². The molecule has 208 valence electrons. The highest BCUT2D eigenvalue weighted by atomic mass is 32.2. The second kappa shape index (κ2) is 12.6. The van der Waals surface area contributed by atoms with Crippen molar-refractivity contribution in [2.75, 3.05) is 36.0 Å². The van der Waals surface area contributed by atoms with E-state index in [1.807, 2.05) is 30.3 Å². The number of hydrogen-bond donors (Lipinski definition) is 2. The summed E-state index contributed by atoms with van der Waals surface area (Å²) >= 11 is 0. The van der Waals surface area contributed by atoms with Gasteiger partial charge in [0.05, 0.1) is 23.7 Å². The molecule has 0 bridgehead atoms. The Balaban J connectivity index is 1.31. The third-order valence-corrected chi connectivity index (χ3v) is 9.95. The molecule has 0 aromatic heterocycles.